The molecule has 0 spiro atoms. The highest BCUT2D eigenvalue weighted by Gasteiger charge is 2.03. The lowest BCUT2D eigenvalue weighted by molar-refractivity contribution is -0.384. The van der Waals surface area contributed by atoms with Crippen LogP contribution in [0.1, 0.15) is 12.5 Å². The molecule has 1 aromatic carbocycles. The van der Waals surface area contributed by atoms with Crippen molar-refractivity contribution < 1.29 is 14.6 Å². The minimum absolute atomic E-state index is 0.0262. The van der Waals surface area contributed by atoms with Crippen molar-refractivity contribution in [2.24, 2.45) is 0 Å². The van der Waals surface area contributed by atoms with Gasteiger partial charge >= 0.3 is 0 Å². The lowest BCUT2D eigenvalue weighted by Crippen LogP contribution is -2.19. The minimum atomic E-state index is -0.474. The first-order valence-electron chi connectivity index (χ1n) is 4.21. The maximum absolute atomic E-state index is 10.5. The van der Waals surface area contributed by atoms with Gasteiger partial charge in [-0.15, -0.1) is 0 Å². The Bertz CT molecular complexity index is 361. The lowest BCUT2D eigenvalue weighted by atomic mass is 10.2. The first-order valence-corrected chi connectivity index (χ1v) is 4.21. The molecule has 0 radical (unpaired) electrons. The molecule has 0 fully saturated rings. The molecule has 0 bridgehead atoms. The molecule has 0 aromatic heterocycles. The number of nitrogens with zero attached hydrogens (tertiary/aromatic N) is 1. The van der Waals surface area contributed by atoms with Gasteiger partial charge in [0.25, 0.3) is 5.69 Å². The second kappa shape index (κ2) is 5.06. The van der Waals surface area contributed by atoms with Crippen molar-refractivity contribution in [3.8, 4) is 0 Å². The Balaban J connectivity index is 2.50. The third-order valence-corrected chi connectivity index (χ3v) is 1.60. The van der Waals surface area contributed by atoms with Gasteiger partial charge in [-0.2, -0.15) is 0 Å². The Hall–Kier alpha value is -1.95. The standard InChI is InChI=1S/C9H10N2O4/c1-7(12)10-15-6-8-2-4-9(5-3-8)11(13)14/h2-5H,6H2,1H3,(H,10,12). The van der Waals surface area contributed by atoms with Crippen LogP contribution in [-0.4, -0.2) is 10.8 Å². The number of hydroxylamine groups is 1. The quantitative estimate of drug-likeness (QED) is 0.597. The number of rotatable bonds is 4. The lowest BCUT2D eigenvalue weighted by Gasteiger charge is -2.02. The van der Waals surface area contributed by atoms with Gasteiger partial charge in [0, 0.05) is 19.1 Å². The van der Waals surface area contributed by atoms with Crippen LogP contribution >= 0.6 is 0 Å². The number of nitro benzene ring substituents is 1. The monoisotopic (exact) mass is 210 g/mol. The largest absolute Gasteiger partial charge is 0.273 e. The van der Waals surface area contributed by atoms with Crippen LogP contribution in [0.4, 0.5) is 5.69 Å². The number of carbonyl (C=O) groups excluding carboxylic acids is 1. The fourth-order valence-corrected chi connectivity index (χ4v) is 0.935. The summed E-state index contributed by atoms with van der Waals surface area (Å²) in [6.07, 6.45) is 0. The molecule has 1 aromatic rings. The SMILES string of the molecule is CC(=O)NOCc1ccc([N+](=O)[O-])cc1. The summed E-state index contributed by atoms with van der Waals surface area (Å²) in [5.41, 5.74) is 2.93. The Labute approximate surface area is 86.0 Å². The minimum Gasteiger partial charge on any atom is -0.273 e. The molecule has 0 unspecified atom stereocenters. The van der Waals surface area contributed by atoms with E-state index in [2.05, 4.69) is 5.48 Å². The average Bonchev–Trinajstić information content (AvgIpc) is 2.18. The van der Waals surface area contributed by atoms with Gasteiger partial charge in [0.2, 0.25) is 5.91 Å². The maximum Gasteiger partial charge on any atom is 0.269 e. The fourth-order valence-electron chi connectivity index (χ4n) is 0.935. The van der Waals surface area contributed by atoms with Crippen LogP contribution in [0, 0.1) is 10.1 Å². The highest BCUT2D eigenvalue weighted by atomic mass is 16.6. The summed E-state index contributed by atoms with van der Waals surface area (Å²) in [7, 11) is 0. The zero-order valence-corrected chi connectivity index (χ0v) is 8.10. The van der Waals surface area contributed by atoms with Crippen LogP contribution in [0.25, 0.3) is 0 Å². The van der Waals surface area contributed by atoms with Crippen molar-refractivity contribution in [1.82, 2.24) is 5.48 Å². The molecule has 0 aliphatic heterocycles. The predicted molar refractivity (Wildman–Crippen MR) is 51.7 cm³/mol. The summed E-state index contributed by atoms with van der Waals surface area (Å²) in [6, 6.07) is 5.90. The van der Waals surface area contributed by atoms with Crippen molar-refractivity contribution >= 4 is 11.6 Å². The molecule has 1 rings (SSSR count). The summed E-state index contributed by atoms with van der Waals surface area (Å²) in [5, 5.41) is 10.3. The van der Waals surface area contributed by atoms with E-state index in [1.165, 1.54) is 19.1 Å². The average molecular weight is 210 g/mol. The van der Waals surface area contributed by atoms with Crippen LogP contribution in [-0.2, 0) is 16.2 Å². The number of amides is 1. The summed E-state index contributed by atoms with van der Waals surface area (Å²) in [5.74, 6) is -0.295. The van der Waals surface area contributed by atoms with E-state index >= 15 is 0 Å². The van der Waals surface area contributed by atoms with E-state index in [1.807, 2.05) is 0 Å². The number of hydrogen-bond acceptors (Lipinski definition) is 4. The summed E-state index contributed by atoms with van der Waals surface area (Å²) < 4.78 is 0. The van der Waals surface area contributed by atoms with Crippen LogP contribution < -0.4 is 5.48 Å². The molecule has 0 aliphatic carbocycles. The van der Waals surface area contributed by atoms with Gasteiger partial charge in [0.15, 0.2) is 0 Å². The normalized spacial score (nSPS) is 9.67. The van der Waals surface area contributed by atoms with Crippen LogP contribution in [0.15, 0.2) is 24.3 Å². The molecule has 0 atom stereocenters. The second-order valence-electron chi connectivity index (χ2n) is 2.87. The van der Waals surface area contributed by atoms with Gasteiger partial charge < -0.3 is 0 Å². The fraction of sp³-hybridized carbons (Fsp3) is 0.222. The third kappa shape index (κ3) is 3.74. The van der Waals surface area contributed by atoms with Gasteiger partial charge in [-0.25, -0.2) is 5.48 Å². The Morgan fingerprint density at radius 3 is 2.53 bits per heavy atom. The molecule has 6 heteroatoms. The highest BCUT2D eigenvalue weighted by Crippen LogP contribution is 2.11. The number of carbonyl (C=O) groups is 1. The van der Waals surface area contributed by atoms with E-state index in [9.17, 15) is 14.9 Å². The molecule has 6 nitrogen and oxygen atoms in total. The van der Waals surface area contributed by atoms with Gasteiger partial charge in [-0.3, -0.25) is 19.7 Å². The van der Waals surface area contributed by atoms with E-state index in [-0.39, 0.29) is 18.2 Å². The zero-order valence-electron chi connectivity index (χ0n) is 8.10. The topological polar surface area (TPSA) is 81.5 Å². The second-order valence-corrected chi connectivity index (χ2v) is 2.87. The third-order valence-electron chi connectivity index (χ3n) is 1.60. The molecule has 1 N–H and O–H groups in total. The van der Waals surface area contributed by atoms with E-state index in [4.69, 9.17) is 4.84 Å². The molecule has 1 amide bonds. The number of non-ortho nitro benzene ring substituents is 1. The zero-order chi connectivity index (χ0) is 11.3. The molecule has 15 heavy (non-hydrogen) atoms. The highest BCUT2D eigenvalue weighted by molar-refractivity contribution is 5.71. The summed E-state index contributed by atoms with van der Waals surface area (Å²) >= 11 is 0. The summed E-state index contributed by atoms with van der Waals surface area (Å²) in [6.45, 7) is 1.51. The van der Waals surface area contributed by atoms with Crippen LogP contribution in [0.2, 0.25) is 0 Å². The molecule has 80 valence electrons. The Morgan fingerprint density at radius 1 is 1.47 bits per heavy atom. The van der Waals surface area contributed by atoms with E-state index < -0.39 is 4.92 Å². The van der Waals surface area contributed by atoms with E-state index in [1.54, 1.807) is 12.1 Å². The Morgan fingerprint density at radius 2 is 2.07 bits per heavy atom. The van der Waals surface area contributed by atoms with E-state index in [0.717, 1.165) is 5.56 Å². The number of nitro groups is 1. The van der Waals surface area contributed by atoms with Crippen molar-refractivity contribution in [2.45, 2.75) is 13.5 Å². The summed E-state index contributed by atoms with van der Waals surface area (Å²) in [4.78, 5) is 25.1. The van der Waals surface area contributed by atoms with Crippen LogP contribution in [0.3, 0.4) is 0 Å². The maximum atomic E-state index is 10.5. The Kier molecular flexibility index (Phi) is 3.75. The number of hydrogen-bond donors (Lipinski definition) is 1. The first-order chi connectivity index (χ1) is 7.09. The van der Waals surface area contributed by atoms with Crippen molar-refractivity contribution in [3.63, 3.8) is 0 Å². The number of benzene rings is 1. The van der Waals surface area contributed by atoms with Crippen molar-refractivity contribution in [2.75, 3.05) is 0 Å². The smallest absolute Gasteiger partial charge is 0.269 e. The van der Waals surface area contributed by atoms with Crippen molar-refractivity contribution in [3.05, 3.63) is 39.9 Å². The van der Waals surface area contributed by atoms with E-state index in [0.29, 0.717) is 0 Å². The molecular formula is C9H10N2O4. The molecule has 0 heterocycles. The molecule has 0 aliphatic rings. The van der Waals surface area contributed by atoms with Gasteiger partial charge in [0.05, 0.1) is 11.5 Å². The van der Waals surface area contributed by atoms with Gasteiger partial charge in [-0.1, -0.05) is 0 Å². The predicted octanol–water partition coefficient (Wildman–Crippen LogP) is 1.16. The van der Waals surface area contributed by atoms with Crippen molar-refractivity contribution in [1.29, 1.82) is 0 Å². The molecular weight excluding hydrogens is 200 g/mol. The van der Waals surface area contributed by atoms with Gasteiger partial charge in [0.1, 0.15) is 0 Å². The molecule has 0 saturated carbocycles. The van der Waals surface area contributed by atoms with Crippen LogP contribution in [0.5, 0.6) is 0 Å². The first kappa shape index (κ1) is 11.1. The molecule has 0 saturated heterocycles. The van der Waals surface area contributed by atoms with Gasteiger partial charge in [-0.05, 0) is 17.7 Å². The number of nitrogens with one attached hydrogen (secondary N) is 1.